The molecule has 1 aromatic carbocycles. The van der Waals surface area contributed by atoms with E-state index in [-0.39, 0.29) is 11.7 Å². The van der Waals surface area contributed by atoms with Gasteiger partial charge in [-0.1, -0.05) is 19.1 Å². The van der Waals surface area contributed by atoms with Gasteiger partial charge in [0.15, 0.2) is 0 Å². The first-order valence-corrected chi connectivity index (χ1v) is 10.8. The third-order valence-corrected chi connectivity index (χ3v) is 7.36. The van der Waals surface area contributed by atoms with Crippen molar-refractivity contribution < 1.29 is 17.9 Å². The highest BCUT2D eigenvalue weighted by Crippen LogP contribution is 2.40. The highest BCUT2D eigenvalue weighted by atomic mass is 32.2. The number of aryl methyl sites for hydroxylation is 1. The summed E-state index contributed by atoms with van der Waals surface area (Å²) in [6, 6.07) is 7.25. The van der Waals surface area contributed by atoms with Crippen molar-refractivity contribution in [3.8, 4) is 0 Å². The zero-order valence-electron chi connectivity index (χ0n) is 15.2. The van der Waals surface area contributed by atoms with E-state index in [1.807, 2.05) is 19.1 Å². The van der Waals surface area contributed by atoms with Crippen molar-refractivity contribution in [3.63, 3.8) is 0 Å². The van der Waals surface area contributed by atoms with Crippen molar-refractivity contribution in [1.82, 2.24) is 4.31 Å². The van der Waals surface area contributed by atoms with Crippen molar-refractivity contribution in [3.05, 3.63) is 29.8 Å². The number of hydrogen-bond donors (Lipinski definition) is 0. The minimum atomic E-state index is -3.41. The molecule has 6 heteroatoms. The summed E-state index contributed by atoms with van der Waals surface area (Å²) in [4.78, 5) is 0.391. The second-order valence-electron chi connectivity index (χ2n) is 7.02. The average Bonchev–Trinajstić information content (AvgIpc) is 3.03. The molecule has 1 aromatic rings. The first kappa shape index (κ1) is 18.8. The van der Waals surface area contributed by atoms with Gasteiger partial charge >= 0.3 is 0 Å². The first-order valence-electron chi connectivity index (χ1n) is 9.34. The molecule has 0 bridgehead atoms. The topological polar surface area (TPSA) is 55.8 Å². The largest absolute Gasteiger partial charge is 0.379 e. The second kappa shape index (κ2) is 7.74. The summed E-state index contributed by atoms with van der Waals surface area (Å²) >= 11 is 0. The summed E-state index contributed by atoms with van der Waals surface area (Å²) in [5.41, 5.74) is 0.996. The molecule has 0 saturated carbocycles. The Morgan fingerprint density at radius 3 is 2.44 bits per heavy atom. The van der Waals surface area contributed by atoms with Gasteiger partial charge in [-0.05, 0) is 56.7 Å². The Morgan fingerprint density at radius 2 is 1.84 bits per heavy atom. The Labute approximate surface area is 151 Å². The molecule has 2 heterocycles. The van der Waals surface area contributed by atoms with Crippen LogP contribution in [-0.2, 0) is 25.9 Å². The van der Waals surface area contributed by atoms with Crippen molar-refractivity contribution in [2.75, 3.05) is 26.3 Å². The summed E-state index contributed by atoms with van der Waals surface area (Å²) in [6.07, 6.45) is 4.61. The lowest BCUT2D eigenvalue weighted by Crippen LogP contribution is -2.46. The maximum atomic E-state index is 12.9. The van der Waals surface area contributed by atoms with Gasteiger partial charge in [0.2, 0.25) is 10.0 Å². The maximum absolute atomic E-state index is 12.9. The molecule has 2 aliphatic heterocycles. The number of piperidine rings is 1. The van der Waals surface area contributed by atoms with Gasteiger partial charge in [0.05, 0.1) is 23.2 Å². The fourth-order valence-corrected chi connectivity index (χ4v) is 5.25. The molecule has 140 valence electrons. The fraction of sp³-hybridized carbons (Fsp3) is 0.684. The minimum Gasteiger partial charge on any atom is -0.379 e. The number of nitrogens with zero attached hydrogens (tertiary/aromatic N) is 1. The molecule has 5 nitrogen and oxygen atoms in total. The van der Waals surface area contributed by atoms with Crippen molar-refractivity contribution in [2.45, 2.75) is 62.6 Å². The van der Waals surface area contributed by atoms with Gasteiger partial charge in [-0.25, -0.2) is 8.42 Å². The predicted octanol–water partition coefficient (Wildman–Crippen LogP) is 2.99. The van der Waals surface area contributed by atoms with Gasteiger partial charge in [-0.15, -0.1) is 0 Å². The van der Waals surface area contributed by atoms with Gasteiger partial charge in [-0.3, -0.25) is 0 Å². The van der Waals surface area contributed by atoms with Crippen LogP contribution in [0.4, 0.5) is 0 Å². The lowest BCUT2D eigenvalue weighted by Gasteiger charge is -2.38. The standard InChI is InChI=1S/C19H29NO4S/c1-3-16-5-7-18(8-6-16)25(21,22)20-13-11-19(12-14-20)10-9-17(24-19)15-23-4-2/h5-8,17H,3-4,9-15H2,1-2H3. The second-order valence-corrected chi connectivity index (χ2v) is 8.96. The molecule has 1 atom stereocenters. The van der Waals surface area contributed by atoms with E-state index in [0.717, 1.165) is 37.7 Å². The molecule has 2 aliphatic rings. The third kappa shape index (κ3) is 4.08. The number of hydrogen-bond acceptors (Lipinski definition) is 4. The van der Waals surface area contributed by atoms with E-state index in [9.17, 15) is 8.42 Å². The molecular formula is C19H29NO4S. The maximum Gasteiger partial charge on any atom is 0.243 e. The lowest BCUT2D eigenvalue weighted by atomic mass is 9.89. The lowest BCUT2D eigenvalue weighted by molar-refractivity contribution is -0.0900. The fourth-order valence-electron chi connectivity index (χ4n) is 3.81. The van der Waals surface area contributed by atoms with Crippen LogP contribution in [0.1, 0.15) is 45.1 Å². The summed E-state index contributed by atoms with van der Waals surface area (Å²) in [6.45, 7) is 6.45. The number of ether oxygens (including phenoxy) is 2. The Bertz CT molecular complexity index is 663. The molecule has 0 amide bonds. The van der Waals surface area contributed by atoms with E-state index >= 15 is 0 Å². The highest BCUT2D eigenvalue weighted by molar-refractivity contribution is 7.89. The Balaban J connectivity index is 1.61. The van der Waals surface area contributed by atoms with Crippen LogP contribution in [0.2, 0.25) is 0 Å². The van der Waals surface area contributed by atoms with Crippen molar-refractivity contribution >= 4 is 10.0 Å². The van der Waals surface area contributed by atoms with Crippen LogP contribution >= 0.6 is 0 Å². The minimum absolute atomic E-state index is 0.153. The summed E-state index contributed by atoms with van der Waals surface area (Å²) < 4.78 is 39.0. The zero-order chi connectivity index (χ0) is 17.9. The molecule has 0 radical (unpaired) electrons. The van der Waals surface area contributed by atoms with Crippen LogP contribution in [0.25, 0.3) is 0 Å². The zero-order valence-corrected chi connectivity index (χ0v) is 16.1. The molecule has 25 heavy (non-hydrogen) atoms. The number of sulfonamides is 1. The van der Waals surface area contributed by atoms with Crippen molar-refractivity contribution in [1.29, 1.82) is 0 Å². The molecule has 3 rings (SSSR count). The van der Waals surface area contributed by atoms with Crippen molar-refractivity contribution in [2.24, 2.45) is 0 Å². The summed E-state index contributed by atoms with van der Waals surface area (Å²) in [5.74, 6) is 0. The highest BCUT2D eigenvalue weighted by Gasteiger charge is 2.44. The number of benzene rings is 1. The van der Waals surface area contributed by atoms with E-state index in [1.54, 1.807) is 16.4 Å². The SMILES string of the molecule is CCOCC1CCC2(CCN(S(=O)(=O)c3ccc(CC)cc3)CC2)O1. The Kier molecular flexibility index (Phi) is 5.83. The van der Waals surface area contributed by atoms with Gasteiger partial charge in [0.1, 0.15) is 0 Å². The van der Waals surface area contributed by atoms with Crippen LogP contribution < -0.4 is 0 Å². The molecule has 0 aliphatic carbocycles. The summed E-state index contributed by atoms with van der Waals surface area (Å²) in [7, 11) is -3.41. The van der Waals surface area contributed by atoms with Gasteiger partial charge in [0.25, 0.3) is 0 Å². The Morgan fingerprint density at radius 1 is 1.16 bits per heavy atom. The van der Waals surface area contributed by atoms with E-state index < -0.39 is 10.0 Å². The van der Waals surface area contributed by atoms with Crippen LogP contribution in [0.5, 0.6) is 0 Å². The first-order chi connectivity index (χ1) is 12.0. The molecule has 0 aromatic heterocycles. The molecule has 0 N–H and O–H groups in total. The van der Waals surface area contributed by atoms with Crippen LogP contribution in [-0.4, -0.2) is 50.7 Å². The van der Waals surface area contributed by atoms with E-state index in [4.69, 9.17) is 9.47 Å². The van der Waals surface area contributed by atoms with E-state index in [1.165, 1.54) is 0 Å². The molecule has 1 spiro atoms. The van der Waals surface area contributed by atoms with Crippen LogP contribution in [0.15, 0.2) is 29.2 Å². The molecule has 2 saturated heterocycles. The molecular weight excluding hydrogens is 338 g/mol. The summed E-state index contributed by atoms with van der Waals surface area (Å²) in [5, 5.41) is 0. The number of rotatable bonds is 6. The average molecular weight is 368 g/mol. The molecule has 2 fully saturated rings. The predicted molar refractivity (Wildman–Crippen MR) is 97.1 cm³/mol. The van der Waals surface area contributed by atoms with E-state index in [0.29, 0.717) is 31.2 Å². The third-order valence-electron chi connectivity index (χ3n) is 5.45. The molecule has 1 unspecified atom stereocenters. The van der Waals surface area contributed by atoms with Gasteiger partial charge < -0.3 is 9.47 Å². The van der Waals surface area contributed by atoms with Crippen LogP contribution in [0.3, 0.4) is 0 Å². The quantitative estimate of drug-likeness (QED) is 0.776. The van der Waals surface area contributed by atoms with Gasteiger partial charge in [0, 0.05) is 19.7 Å². The normalized spacial score (nSPS) is 24.0. The monoisotopic (exact) mass is 367 g/mol. The smallest absolute Gasteiger partial charge is 0.243 e. The van der Waals surface area contributed by atoms with Crippen LogP contribution in [0, 0.1) is 0 Å². The van der Waals surface area contributed by atoms with Gasteiger partial charge in [-0.2, -0.15) is 4.31 Å². The van der Waals surface area contributed by atoms with E-state index in [2.05, 4.69) is 6.92 Å². The Hall–Kier alpha value is -0.950.